The summed E-state index contributed by atoms with van der Waals surface area (Å²) >= 11 is 0. The summed E-state index contributed by atoms with van der Waals surface area (Å²) in [6, 6.07) is 0. The molecule has 2 heterocycles. The molecule has 0 aromatic rings. The Morgan fingerprint density at radius 1 is 0.550 bits per heavy atom. The van der Waals surface area contributed by atoms with E-state index in [1.165, 1.54) is 99.6 Å². The Labute approximate surface area is 129 Å². The van der Waals surface area contributed by atoms with Crippen LogP contribution in [0, 0.1) is 0 Å². The third kappa shape index (κ3) is 6.13. The van der Waals surface area contributed by atoms with E-state index in [0.29, 0.717) is 0 Å². The van der Waals surface area contributed by atoms with Gasteiger partial charge in [-0.15, -0.1) is 0 Å². The third-order valence-electron chi connectivity index (χ3n) is 5.44. The Kier molecular flexibility index (Phi) is 9.01. The van der Waals surface area contributed by atoms with Crippen LogP contribution in [-0.2, 0) is 0 Å². The zero-order valence-electron chi connectivity index (χ0n) is 12.8. The maximum atomic E-state index is 2.46. The molecule has 0 aromatic carbocycles. The van der Waals surface area contributed by atoms with E-state index >= 15 is 0 Å². The Hall–Kier alpha value is -0.0800. The summed E-state index contributed by atoms with van der Waals surface area (Å²) in [5.41, 5.74) is 0. The number of hydrogen-bond donors (Lipinski definition) is 0. The molecule has 0 atom stereocenters. The molecule has 20 heavy (non-hydrogen) atoms. The predicted octanol–water partition coefficient (Wildman–Crippen LogP) is 4.30. The van der Waals surface area contributed by atoms with Gasteiger partial charge in [0.25, 0.3) is 0 Å². The van der Waals surface area contributed by atoms with Crippen LogP contribution in [0.1, 0.15) is 66.2 Å². The molecule has 0 aliphatic carbocycles. The van der Waals surface area contributed by atoms with E-state index in [9.17, 15) is 0 Å². The van der Waals surface area contributed by atoms with E-state index in [0.717, 1.165) is 0 Å². The molecule has 2 aliphatic rings. The molecule has 2 fully saturated rings. The van der Waals surface area contributed by atoms with Gasteiger partial charge in [0, 0.05) is 25.7 Å². The Morgan fingerprint density at radius 3 is 1.15 bits per heavy atom. The minimum absolute atomic E-state index is 0. The molecule has 2 heteroatoms. The lowest BCUT2D eigenvalue weighted by Gasteiger charge is -2.30. The molecule has 0 aromatic heterocycles. The van der Waals surface area contributed by atoms with Crippen LogP contribution in [0.4, 0.5) is 0 Å². The van der Waals surface area contributed by atoms with Gasteiger partial charge in [-0.2, -0.15) is 0 Å². The standard InChI is InChI=1S/C16H34N2.2CH4/c1-17(13-7-8-14-17)11-5-3-4-6-12-18(2)15-9-10-16-18;;/h3-16H2,1-2H3;2*1H4/q+2;;. The van der Waals surface area contributed by atoms with Gasteiger partial charge in [0.2, 0.25) is 0 Å². The van der Waals surface area contributed by atoms with Crippen LogP contribution in [0.5, 0.6) is 0 Å². The summed E-state index contributed by atoms with van der Waals surface area (Å²) in [6.07, 6.45) is 11.7. The Morgan fingerprint density at radius 2 is 0.850 bits per heavy atom. The van der Waals surface area contributed by atoms with Crippen molar-refractivity contribution in [2.75, 3.05) is 53.4 Å². The quantitative estimate of drug-likeness (QED) is 0.483. The first-order chi connectivity index (χ1) is 8.62. The maximum absolute atomic E-state index is 2.46. The van der Waals surface area contributed by atoms with Gasteiger partial charge >= 0.3 is 0 Å². The topological polar surface area (TPSA) is 0 Å². The summed E-state index contributed by atoms with van der Waals surface area (Å²) in [6.45, 7) is 8.63. The molecule has 2 saturated heterocycles. The van der Waals surface area contributed by atoms with Crippen molar-refractivity contribution in [2.45, 2.75) is 66.2 Å². The number of likely N-dealkylation sites (tertiary alicyclic amines) is 2. The molecule has 0 unspecified atom stereocenters. The Bertz CT molecular complexity index is 212. The zero-order valence-corrected chi connectivity index (χ0v) is 12.8. The fraction of sp³-hybridized carbons (Fsp3) is 1.00. The van der Waals surface area contributed by atoms with Crippen LogP contribution in [0.15, 0.2) is 0 Å². The highest BCUT2D eigenvalue weighted by molar-refractivity contribution is 4.54. The molecule has 0 N–H and O–H groups in total. The van der Waals surface area contributed by atoms with E-state index in [-0.39, 0.29) is 14.9 Å². The van der Waals surface area contributed by atoms with Gasteiger partial charge in [0.15, 0.2) is 0 Å². The monoisotopic (exact) mass is 286 g/mol. The zero-order chi connectivity index (χ0) is 12.9. The van der Waals surface area contributed by atoms with Gasteiger partial charge in [-0.1, -0.05) is 14.9 Å². The van der Waals surface area contributed by atoms with E-state index in [2.05, 4.69) is 14.1 Å². The molecule has 0 bridgehead atoms. The van der Waals surface area contributed by atoms with Crippen molar-refractivity contribution in [2.24, 2.45) is 0 Å². The molecule has 2 aliphatic heterocycles. The first-order valence-corrected chi connectivity index (χ1v) is 8.29. The van der Waals surface area contributed by atoms with Crippen LogP contribution < -0.4 is 0 Å². The predicted molar refractivity (Wildman–Crippen MR) is 92.0 cm³/mol. The molecule has 0 saturated carbocycles. The summed E-state index contributed by atoms with van der Waals surface area (Å²) in [5, 5.41) is 0. The first kappa shape index (κ1) is 19.9. The number of nitrogens with zero attached hydrogens (tertiary/aromatic N) is 2. The largest absolute Gasteiger partial charge is 0.326 e. The molecule has 0 spiro atoms. The average molecular weight is 287 g/mol. The number of unbranched alkanes of at least 4 members (excludes halogenated alkanes) is 3. The lowest BCUT2D eigenvalue weighted by molar-refractivity contribution is -0.898. The van der Waals surface area contributed by atoms with Gasteiger partial charge in [-0.05, 0) is 25.7 Å². The van der Waals surface area contributed by atoms with Crippen LogP contribution in [0.25, 0.3) is 0 Å². The van der Waals surface area contributed by atoms with Crippen LogP contribution in [0.3, 0.4) is 0 Å². The number of rotatable bonds is 7. The second kappa shape index (κ2) is 9.04. The minimum Gasteiger partial charge on any atom is -0.326 e. The lowest BCUT2D eigenvalue weighted by Crippen LogP contribution is -2.42. The SMILES string of the molecule is C.C.C[N+]1(CCCCCC[N+]2(C)CCCC2)CCCC1. The lowest BCUT2D eigenvalue weighted by atomic mass is 10.1. The fourth-order valence-electron chi connectivity index (χ4n) is 3.99. The van der Waals surface area contributed by atoms with Gasteiger partial charge in [-0.3, -0.25) is 0 Å². The second-order valence-electron chi connectivity index (χ2n) is 7.41. The van der Waals surface area contributed by atoms with Crippen LogP contribution in [0.2, 0.25) is 0 Å². The summed E-state index contributed by atoms with van der Waals surface area (Å²) in [5.74, 6) is 0. The molecular weight excluding hydrogens is 244 g/mol. The van der Waals surface area contributed by atoms with Crippen LogP contribution in [-0.4, -0.2) is 62.3 Å². The van der Waals surface area contributed by atoms with Gasteiger partial charge in [-0.25, -0.2) is 0 Å². The molecule has 0 radical (unpaired) electrons. The van der Waals surface area contributed by atoms with Gasteiger partial charge < -0.3 is 8.97 Å². The van der Waals surface area contributed by atoms with Crippen molar-refractivity contribution in [3.63, 3.8) is 0 Å². The molecule has 0 amide bonds. The normalized spacial score (nSPS) is 23.1. The van der Waals surface area contributed by atoms with Crippen molar-refractivity contribution in [3.05, 3.63) is 0 Å². The average Bonchev–Trinajstić information content (AvgIpc) is 2.94. The van der Waals surface area contributed by atoms with E-state index in [4.69, 9.17) is 0 Å². The highest BCUT2D eigenvalue weighted by atomic mass is 15.3. The van der Waals surface area contributed by atoms with Crippen molar-refractivity contribution in [1.82, 2.24) is 0 Å². The van der Waals surface area contributed by atoms with E-state index in [1.807, 2.05) is 0 Å². The molecule has 2 nitrogen and oxygen atoms in total. The van der Waals surface area contributed by atoms with Crippen LogP contribution >= 0.6 is 0 Å². The van der Waals surface area contributed by atoms with Gasteiger partial charge in [0.1, 0.15) is 0 Å². The Balaban J connectivity index is 0.00000180. The van der Waals surface area contributed by atoms with E-state index in [1.54, 1.807) is 0 Å². The highest BCUT2D eigenvalue weighted by Crippen LogP contribution is 2.19. The maximum Gasteiger partial charge on any atom is 0.0786 e. The van der Waals surface area contributed by atoms with Crippen molar-refractivity contribution in [3.8, 4) is 0 Å². The van der Waals surface area contributed by atoms with E-state index < -0.39 is 0 Å². The molecular formula is C18H42N2+2. The molecule has 122 valence electrons. The van der Waals surface area contributed by atoms with Gasteiger partial charge in [0.05, 0.1) is 53.4 Å². The second-order valence-corrected chi connectivity index (χ2v) is 7.41. The third-order valence-corrected chi connectivity index (χ3v) is 5.44. The van der Waals surface area contributed by atoms with Crippen molar-refractivity contribution < 1.29 is 8.97 Å². The van der Waals surface area contributed by atoms with Crippen molar-refractivity contribution >= 4 is 0 Å². The first-order valence-electron chi connectivity index (χ1n) is 8.29. The summed E-state index contributed by atoms with van der Waals surface area (Å²) < 4.78 is 2.74. The summed E-state index contributed by atoms with van der Waals surface area (Å²) in [7, 11) is 4.92. The van der Waals surface area contributed by atoms with Crippen molar-refractivity contribution in [1.29, 1.82) is 0 Å². The fourth-order valence-corrected chi connectivity index (χ4v) is 3.99. The molecule has 2 rings (SSSR count). The number of quaternary nitrogens is 2. The highest BCUT2D eigenvalue weighted by Gasteiger charge is 2.27. The number of hydrogen-bond acceptors (Lipinski definition) is 0. The smallest absolute Gasteiger partial charge is 0.0786 e. The minimum atomic E-state index is 0. The summed E-state index contributed by atoms with van der Waals surface area (Å²) in [4.78, 5) is 0.